The minimum absolute atomic E-state index is 0.199. The van der Waals surface area contributed by atoms with E-state index in [0.29, 0.717) is 18.1 Å². The van der Waals surface area contributed by atoms with Crippen LogP contribution < -0.4 is 0 Å². The molecule has 0 spiro atoms. The van der Waals surface area contributed by atoms with Gasteiger partial charge < -0.3 is 4.74 Å². The number of ether oxygens (including phenoxy) is 1. The van der Waals surface area contributed by atoms with Crippen molar-refractivity contribution in [1.82, 2.24) is 0 Å². The first kappa shape index (κ1) is 9.72. The van der Waals surface area contributed by atoms with Gasteiger partial charge in [0.25, 0.3) is 0 Å². The maximum absolute atomic E-state index is 11.2. The molecule has 0 aromatic carbocycles. The van der Waals surface area contributed by atoms with Gasteiger partial charge in [0.05, 0.1) is 6.10 Å². The monoisotopic (exact) mass is 170 g/mol. The van der Waals surface area contributed by atoms with Gasteiger partial charge in [-0.25, -0.2) is 0 Å². The Labute approximate surface area is 74.3 Å². The van der Waals surface area contributed by atoms with Gasteiger partial charge in [-0.1, -0.05) is 13.8 Å². The predicted octanol–water partition coefficient (Wildman–Crippen LogP) is 2.03. The number of carbonyl (C=O) groups is 1. The van der Waals surface area contributed by atoms with Crippen LogP contribution in [0, 0.1) is 11.8 Å². The third kappa shape index (κ3) is 2.07. The second-order valence-corrected chi connectivity index (χ2v) is 3.90. The van der Waals surface area contributed by atoms with Gasteiger partial charge >= 0.3 is 0 Å². The summed E-state index contributed by atoms with van der Waals surface area (Å²) in [6, 6.07) is 0. The standard InChI is InChI=1S/C10H18O2/c1-4-12-10-6-9(11)8(10)5-7(2)3/h7-8,10H,4-6H2,1-3H3/t8-,10-/m0/s1. The Kier molecular flexibility index (Phi) is 3.27. The summed E-state index contributed by atoms with van der Waals surface area (Å²) in [4.78, 5) is 11.2. The summed E-state index contributed by atoms with van der Waals surface area (Å²) < 4.78 is 5.44. The van der Waals surface area contributed by atoms with Crippen LogP contribution in [0.25, 0.3) is 0 Å². The molecule has 1 rings (SSSR count). The van der Waals surface area contributed by atoms with Crippen LogP contribution in [-0.4, -0.2) is 18.5 Å². The highest BCUT2D eigenvalue weighted by atomic mass is 16.5. The third-order valence-corrected chi connectivity index (χ3v) is 2.37. The summed E-state index contributed by atoms with van der Waals surface area (Å²) in [6.07, 6.45) is 1.86. The molecule has 2 nitrogen and oxygen atoms in total. The molecule has 1 saturated carbocycles. The van der Waals surface area contributed by atoms with E-state index in [-0.39, 0.29) is 12.0 Å². The van der Waals surface area contributed by atoms with Crippen molar-refractivity contribution >= 4 is 5.78 Å². The number of carbonyl (C=O) groups excluding carboxylic acids is 1. The van der Waals surface area contributed by atoms with Gasteiger partial charge in [0.1, 0.15) is 5.78 Å². The molecule has 0 amide bonds. The Bertz CT molecular complexity index is 163. The maximum Gasteiger partial charge on any atom is 0.141 e. The van der Waals surface area contributed by atoms with Gasteiger partial charge in [0.2, 0.25) is 0 Å². The minimum atomic E-state index is 0.199. The average Bonchev–Trinajstić information content (AvgIpc) is 2.00. The van der Waals surface area contributed by atoms with Crippen molar-refractivity contribution in [2.45, 2.75) is 39.7 Å². The van der Waals surface area contributed by atoms with Crippen LogP contribution in [0.2, 0.25) is 0 Å². The van der Waals surface area contributed by atoms with Crippen LogP contribution in [-0.2, 0) is 9.53 Å². The molecule has 12 heavy (non-hydrogen) atoms. The van der Waals surface area contributed by atoms with E-state index in [0.717, 1.165) is 13.0 Å². The van der Waals surface area contributed by atoms with Gasteiger partial charge in [-0.05, 0) is 19.3 Å². The Balaban J connectivity index is 2.34. The molecule has 2 atom stereocenters. The zero-order valence-corrected chi connectivity index (χ0v) is 8.17. The highest BCUT2D eigenvalue weighted by Gasteiger charge is 2.40. The molecule has 1 aliphatic rings. The second-order valence-electron chi connectivity index (χ2n) is 3.90. The quantitative estimate of drug-likeness (QED) is 0.645. The van der Waals surface area contributed by atoms with Gasteiger partial charge in [0, 0.05) is 18.9 Å². The van der Waals surface area contributed by atoms with Crippen molar-refractivity contribution < 1.29 is 9.53 Å². The number of rotatable bonds is 4. The molecule has 0 aromatic heterocycles. The summed E-state index contributed by atoms with van der Waals surface area (Å²) in [6.45, 7) is 7.00. The van der Waals surface area contributed by atoms with E-state index in [1.54, 1.807) is 0 Å². The van der Waals surface area contributed by atoms with Crippen molar-refractivity contribution in [3.05, 3.63) is 0 Å². The topological polar surface area (TPSA) is 26.3 Å². The molecule has 0 aliphatic heterocycles. The maximum atomic E-state index is 11.2. The fourth-order valence-corrected chi connectivity index (χ4v) is 1.72. The molecule has 0 aromatic rings. The smallest absolute Gasteiger partial charge is 0.141 e. The van der Waals surface area contributed by atoms with Crippen LogP contribution in [0.3, 0.4) is 0 Å². The van der Waals surface area contributed by atoms with E-state index in [4.69, 9.17) is 4.74 Å². The van der Waals surface area contributed by atoms with Crippen molar-refractivity contribution in [2.24, 2.45) is 11.8 Å². The second kappa shape index (κ2) is 4.04. The van der Waals surface area contributed by atoms with Gasteiger partial charge in [-0.15, -0.1) is 0 Å². The number of hydrogen-bond donors (Lipinski definition) is 0. The summed E-state index contributed by atoms with van der Waals surface area (Å²) in [5, 5.41) is 0. The van der Waals surface area contributed by atoms with E-state index >= 15 is 0 Å². The molecule has 2 heteroatoms. The van der Waals surface area contributed by atoms with E-state index in [9.17, 15) is 4.79 Å². The predicted molar refractivity (Wildman–Crippen MR) is 48.0 cm³/mol. The lowest BCUT2D eigenvalue weighted by Crippen LogP contribution is -2.44. The molecular formula is C10H18O2. The molecule has 0 N–H and O–H groups in total. The minimum Gasteiger partial charge on any atom is -0.377 e. The lowest BCUT2D eigenvalue weighted by Gasteiger charge is -2.35. The van der Waals surface area contributed by atoms with Gasteiger partial charge in [-0.3, -0.25) is 4.79 Å². The van der Waals surface area contributed by atoms with E-state index in [1.807, 2.05) is 6.92 Å². The molecular weight excluding hydrogens is 152 g/mol. The van der Waals surface area contributed by atoms with Crippen molar-refractivity contribution in [2.75, 3.05) is 6.61 Å². The molecule has 0 bridgehead atoms. The Morgan fingerprint density at radius 1 is 1.58 bits per heavy atom. The van der Waals surface area contributed by atoms with E-state index in [2.05, 4.69) is 13.8 Å². The summed E-state index contributed by atoms with van der Waals surface area (Å²) in [5.41, 5.74) is 0. The fourth-order valence-electron chi connectivity index (χ4n) is 1.72. The summed E-state index contributed by atoms with van der Waals surface area (Å²) >= 11 is 0. The Morgan fingerprint density at radius 2 is 2.25 bits per heavy atom. The van der Waals surface area contributed by atoms with Gasteiger partial charge in [-0.2, -0.15) is 0 Å². The molecule has 1 aliphatic carbocycles. The van der Waals surface area contributed by atoms with Gasteiger partial charge in [0.15, 0.2) is 0 Å². The van der Waals surface area contributed by atoms with Crippen molar-refractivity contribution in [3.63, 3.8) is 0 Å². The van der Waals surface area contributed by atoms with E-state index < -0.39 is 0 Å². The van der Waals surface area contributed by atoms with Crippen LogP contribution in [0.1, 0.15) is 33.6 Å². The normalized spacial score (nSPS) is 29.2. The number of Topliss-reactive ketones (excluding diaryl/α,β-unsaturated/α-hetero) is 1. The lowest BCUT2D eigenvalue weighted by molar-refractivity contribution is -0.146. The Hall–Kier alpha value is -0.370. The first-order valence-electron chi connectivity index (χ1n) is 4.79. The zero-order valence-electron chi connectivity index (χ0n) is 8.17. The molecule has 0 saturated heterocycles. The molecule has 1 fully saturated rings. The zero-order chi connectivity index (χ0) is 9.14. The first-order chi connectivity index (χ1) is 5.65. The lowest BCUT2D eigenvalue weighted by atomic mass is 9.75. The summed E-state index contributed by atoms with van der Waals surface area (Å²) in [7, 11) is 0. The van der Waals surface area contributed by atoms with E-state index in [1.165, 1.54) is 0 Å². The molecule has 0 unspecified atom stereocenters. The fraction of sp³-hybridized carbons (Fsp3) is 0.900. The Morgan fingerprint density at radius 3 is 2.67 bits per heavy atom. The SMILES string of the molecule is CCO[C@H]1CC(=O)[C@@H]1CC(C)C. The average molecular weight is 170 g/mol. The molecule has 70 valence electrons. The summed E-state index contributed by atoms with van der Waals surface area (Å²) in [5.74, 6) is 1.19. The highest BCUT2D eigenvalue weighted by Crippen LogP contribution is 2.31. The van der Waals surface area contributed by atoms with Crippen LogP contribution >= 0.6 is 0 Å². The van der Waals surface area contributed by atoms with Crippen LogP contribution in [0.5, 0.6) is 0 Å². The molecule has 0 heterocycles. The molecule has 0 radical (unpaired) electrons. The number of hydrogen-bond acceptors (Lipinski definition) is 2. The van der Waals surface area contributed by atoms with Crippen molar-refractivity contribution in [1.29, 1.82) is 0 Å². The highest BCUT2D eigenvalue weighted by molar-refractivity contribution is 5.88. The third-order valence-electron chi connectivity index (χ3n) is 2.37. The number of ketones is 1. The van der Waals surface area contributed by atoms with Crippen LogP contribution in [0.15, 0.2) is 0 Å². The first-order valence-corrected chi connectivity index (χ1v) is 4.79. The van der Waals surface area contributed by atoms with Crippen LogP contribution in [0.4, 0.5) is 0 Å². The largest absolute Gasteiger partial charge is 0.377 e. The van der Waals surface area contributed by atoms with Crippen molar-refractivity contribution in [3.8, 4) is 0 Å².